The summed E-state index contributed by atoms with van der Waals surface area (Å²) in [7, 11) is 1.62. The van der Waals surface area contributed by atoms with E-state index in [0.29, 0.717) is 24.7 Å². The maximum Gasteiger partial charge on any atom is 0.230 e. The highest BCUT2D eigenvalue weighted by Crippen LogP contribution is 2.48. The van der Waals surface area contributed by atoms with E-state index in [2.05, 4.69) is 55.3 Å². The Morgan fingerprint density at radius 2 is 1.67 bits per heavy atom. The maximum absolute atomic E-state index is 13.1. The van der Waals surface area contributed by atoms with E-state index in [1.165, 1.54) is 5.56 Å². The first-order valence-corrected chi connectivity index (χ1v) is 11.4. The van der Waals surface area contributed by atoms with Crippen molar-refractivity contribution in [1.82, 2.24) is 10.3 Å². The molecule has 4 rings (SSSR count). The normalized spacial score (nSPS) is 14.4. The van der Waals surface area contributed by atoms with Crippen LogP contribution in [0.4, 0.5) is 0 Å². The molecule has 1 saturated carbocycles. The molecule has 0 bridgehead atoms. The van der Waals surface area contributed by atoms with Crippen LogP contribution in [0.5, 0.6) is 11.5 Å². The first-order chi connectivity index (χ1) is 15.8. The van der Waals surface area contributed by atoms with E-state index in [1.807, 2.05) is 30.3 Å². The van der Waals surface area contributed by atoms with Gasteiger partial charge in [-0.05, 0) is 64.8 Å². The second kappa shape index (κ2) is 9.26. The number of carbonyl (C=O) groups excluding carboxylic acids is 1. The van der Waals surface area contributed by atoms with Gasteiger partial charge in [-0.25, -0.2) is 0 Å². The SMILES string of the molecule is COc1cc(CNC(=O)C2(c3ccc(C(C)(C)C)cc3)CC2)ccc1OCc1ccncc1. The van der Waals surface area contributed by atoms with Gasteiger partial charge >= 0.3 is 0 Å². The highest BCUT2D eigenvalue weighted by Gasteiger charge is 2.51. The number of benzene rings is 2. The van der Waals surface area contributed by atoms with Crippen LogP contribution >= 0.6 is 0 Å². The molecule has 0 spiro atoms. The van der Waals surface area contributed by atoms with Crippen molar-refractivity contribution in [1.29, 1.82) is 0 Å². The van der Waals surface area contributed by atoms with Crippen LogP contribution in [0.25, 0.3) is 0 Å². The van der Waals surface area contributed by atoms with Crippen molar-refractivity contribution < 1.29 is 14.3 Å². The second-order valence-corrected chi connectivity index (χ2v) is 9.72. The van der Waals surface area contributed by atoms with Gasteiger partial charge in [0, 0.05) is 18.9 Å². The number of methoxy groups -OCH3 is 1. The third-order valence-corrected chi connectivity index (χ3v) is 6.31. The van der Waals surface area contributed by atoms with E-state index in [9.17, 15) is 4.79 Å². The molecule has 0 unspecified atom stereocenters. The molecule has 33 heavy (non-hydrogen) atoms. The standard InChI is InChI=1S/C28H32N2O3/c1-27(2,3)22-6-8-23(9-7-22)28(13-14-28)26(31)30-18-21-5-10-24(25(17-21)32-4)33-19-20-11-15-29-16-12-20/h5-12,15-17H,13-14,18-19H2,1-4H3,(H,30,31). The van der Waals surface area contributed by atoms with Crippen LogP contribution in [-0.4, -0.2) is 18.0 Å². The molecule has 0 radical (unpaired) electrons. The summed E-state index contributed by atoms with van der Waals surface area (Å²) in [4.78, 5) is 17.1. The molecule has 0 saturated heterocycles. The smallest absolute Gasteiger partial charge is 0.230 e. The number of carbonyl (C=O) groups is 1. The molecule has 172 valence electrons. The molecule has 1 aromatic heterocycles. The number of ether oxygens (including phenoxy) is 2. The van der Waals surface area contributed by atoms with Gasteiger partial charge < -0.3 is 14.8 Å². The van der Waals surface area contributed by atoms with E-state index in [0.717, 1.165) is 29.5 Å². The maximum atomic E-state index is 13.1. The average Bonchev–Trinajstić information content (AvgIpc) is 3.64. The van der Waals surface area contributed by atoms with Crippen LogP contribution < -0.4 is 14.8 Å². The summed E-state index contributed by atoms with van der Waals surface area (Å²) in [5, 5.41) is 3.13. The summed E-state index contributed by atoms with van der Waals surface area (Å²) in [6.07, 6.45) is 5.26. The molecular formula is C28H32N2O3. The molecule has 2 aromatic carbocycles. The molecule has 1 aliphatic rings. The van der Waals surface area contributed by atoms with Crippen molar-refractivity contribution >= 4 is 5.91 Å². The molecule has 1 aliphatic carbocycles. The third-order valence-electron chi connectivity index (χ3n) is 6.31. The Bertz CT molecular complexity index is 1100. The lowest BCUT2D eigenvalue weighted by atomic mass is 9.85. The molecule has 5 heteroatoms. The lowest BCUT2D eigenvalue weighted by Gasteiger charge is -2.21. The number of rotatable bonds is 8. The van der Waals surface area contributed by atoms with Crippen LogP contribution in [0.3, 0.4) is 0 Å². The first-order valence-electron chi connectivity index (χ1n) is 11.4. The Hall–Kier alpha value is -3.34. The van der Waals surface area contributed by atoms with Crippen LogP contribution in [0.1, 0.15) is 55.9 Å². The fourth-order valence-electron chi connectivity index (χ4n) is 3.99. The zero-order valence-electron chi connectivity index (χ0n) is 19.9. The van der Waals surface area contributed by atoms with Gasteiger partial charge in [0.1, 0.15) is 6.61 Å². The number of nitrogens with one attached hydrogen (secondary N) is 1. The van der Waals surface area contributed by atoms with Gasteiger partial charge in [-0.1, -0.05) is 51.1 Å². The first kappa shape index (κ1) is 22.8. The molecule has 1 heterocycles. The number of pyridine rings is 1. The number of hydrogen-bond donors (Lipinski definition) is 1. The lowest BCUT2D eigenvalue weighted by molar-refractivity contribution is -0.123. The Labute approximate surface area is 196 Å². The minimum atomic E-state index is -0.395. The summed E-state index contributed by atoms with van der Waals surface area (Å²) < 4.78 is 11.4. The summed E-state index contributed by atoms with van der Waals surface area (Å²) in [5.74, 6) is 1.40. The number of hydrogen-bond acceptors (Lipinski definition) is 4. The molecule has 0 atom stereocenters. The van der Waals surface area contributed by atoms with Crippen molar-refractivity contribution in [2.75, 3.05) is 7.11 Å². The minimum Gasteiger partial charge on any atom is -0.493 e. The minimum absolute atomic E-state index is 0.0861. The summed E-state index contributed by atoms with van der Waals surface area (Å²) in [6.45, 7) is 7.48. The molecule has 5 nitrogen and oxygen atoms in total. The highest BCUT2D eigenvalue weighted by molar-refractivity contribution is 5.91. The predicted octanol–water partition coefficient (Wildman–Crippen LogP) is 5.31. The topological polar surface area (TPSA) is 60.5 Å². The number of aromatic nitrogens is 1. The van der Waals surface area contributed by atoms with Gasteiger partial charge in [-0.2, -0.15) is 0 Å². The van der Waals surface area contributed by atoms with Gasteiger partial charge in [0.2, 0.25) is 5.91 Å². The molecule has 1 N–H and O–H groups in total. The largest absolute Gasteiger partial charge is 0.493 e. The summed E-state index contributed by atoms with van der Waals surface area (Å²) >= 11 is 0. The van der Waals surface area contributed by atoms with Gasteiger partial charge in [0.15, 0.2) is 11.5 Å². The summed E-state index contributed by atoms with van der Waals surface area (Å²) in [6, 6.07) is 18.1. The third kappa shape index (κ3) is 5.19. The Kier molecular flexibility index (Phi) is 6.41. The van der Waals surface area contributed by atoms with Crippen LogP contribution in [0.2, 0.25) is 0 Å². The van der Waals surface area contributed by atoms with Crippen LogP contribution in [0, 0.1) is 0 Å². The van der Waals surface area contributed by atoms with Crippen molar-refractivity contribution in [2.24, 2.45) is 0 Å². The quantitative estimate of drug-likeness (QED) is 0.511. The van der Waals surface area contributed by atoms with E-state index in [1.54, 1.807) is 19.5 Å². The van der Waals surface area contributed by atoms with Crippen molar-refractivity contribution in [3.05, 3.63) is 89.2 Å². The lowest BCUT2D eigenvalue weighted by Crippen LogP contribution is -2.34. The van der Waals surface area contributed by atoms with Gasteiger partial charge in [0.05, 0.1) is 12.5 Å². The Morgan fingerprint density at radius 1 is 0.970 bits per heavy atom. The van der Waals surface area contributed by atoms with Crippen LogP contribution in [0.15, 0.2) is 67.0 Å². The van der Waals surface area contributed by atoms with Crippen LogP contribution in [-0.2, 0) is 28.8 Å². The number of nitrogens with zero attached hydrogens (tertiary/aromatic N) is 1. The van der Waals surface area contributed by atoms with E-state index in [4.69, 9.17) is 9.47 Å². The zero-order chi connectivity index (χ0) is 23.5. The van der Waals surface area contributed by atoms with Gasteiger partial charge in [-0.3, -0.25) is 9.78 Å². The molecule has 3 aromatic rings. The second-order valence-electron chi connectivity index (χ2n) is 9.72. The fourth-order valence-corrected chi connectivity index (χ4v) is 3.99. The Morgan fingerprint density at radius 3 is 2.27 bits per heavy atom. The molecular weight excluding hydrogens is 412 g/mol. The summed E-state index contributed by atoms with van der Waals surface area (Å²) in [5.41, 5.74) is 4.09. The van der Waals surface area contributed by atoms with Crippen molar-refractivity contribution in [3.63, 3.8) is 0 Å². The Balaban J connectivity index is 1.38. The van der Waals surface area contributed by atoms with Gasteiger partial charge in [0.25, 0.3) is 0 Å². The monoisotopic (exact) mass is 444 g/mol. The van der Waals surface area contributed by atoms with Gasteiger partial charge in [-0.15, -0.1) is 0 Å². The predicted molar refractivity (Wildman–Crippen MR) is 129 cm³/mol. The zero-order valence-corrected chi connectivity index (χ0v) is 19.9. The van der Waals surface area contributed by atoms with E-state index < -0.39 is 5.41 Å². The van der Waals surface area contributed by atoms with E-state index >= 15 is 0 Å². The van der Waals surface area contributed by atoms with Crippen molar-refractivity contribution in [3.8, 4) is 11.5 Å². The fraction of sp³-hybridized carbons (Fsp3) is 0.357. The highest BCUT2D eigenvalue weighted by atomic mass is 16.5. The molecule has 1 amide bonds. The number of amides is 1. The molecule has 0 aliphatic heterocycles. The van der Waals surface area contributed by atoms with Crippen molar-refractivity contribution in [2.45, 2.75) is 57.6 Å². The average molecular weight is 445 g/mol. The van der Waals surface area contributed by atoms with E-state index in [-0.39, 0.29) is 11.3 Å². The molecule has 1 fully saturated rings.